The number of piperidine rings is 1. The van der Waals surface area contributed by atoms with Crippen molar-refractivity contribution in [2.24, 2.45) is 5.92 Å². The SMILES string of the molecule is COc1ccc(NC(=O)N2CCN(c3ccc(N4CCC(C)CC4)nn3)CC2)cc1OC. The molecule has 0 radical (unpaired) electrons. The molecule has 2 aromatic rings. The van der Waals surface area contributed by atoms with Crippen LogP contribution in [0.15, 0.2) is 30.3 Å². The first-order valence-electron chi connectivity index (χ1n) is 11.2. The number of methoxy groups -OCH3 is 2. The summed E-state index contributed by atoms with van der Waals surface area (Å²) in [4.78, 5) is 19.0. The lowest BCUT2D eigenvalue weighted by Gasteiger charge is -2.35. The number of carbonyl (C=O) groups excluding carboxylic acids is 1. The predicted molar refractivity (Wildman–Crippen MR) is 125 cm³/mol. The molecule has 0 aliphatic carbocycles. The van der Waals surface area contributed by atoms with Crippen molar-refractivity contribution in [3.8, 4) is 11.5 Å². The van der Waals surface area contributed by atoms with Gasteiger partial charge >= 0.3 is 6.03 Å². The number of benzene rings is 1. The lowest BCUT2D eigenvalue weighted by molar-refractivity contribution is 0.208. The summed E-state index contributed by atoms with van der Waals surface area (Å²) in [6, 6.07) is 9.31. The number of carbonyl (C=O) groups is 1. The molecule has 2 aliphatic heterocycles. The first kappa shape index (κ1) is 22.0. The number of rotatable bonds is 5. The molecule has 2 aliphatic rings. The van der Waals surface area contributed by atoms with Crippen molar-refractivity contribution < 1.29 is 14.3 Å². The Kier molecular flexibility index (Phi) is 6.82. The zero-order valence-electron chi connectivity index (χ0n) is 19.1. The Hall–Kier alpha value is -3.23. The minimum Gasteiger partial charge on any atom is -0.493 e. The van der Waals surface area contributed by atoms with Crippen LogP contribution in [0.2, 0.25) is 0 Å². The van der Waals surface area contributed by atoms with Crippen LogP contribution >= 0.6 is 0 Å². The van der Waals surface area contributed by atoms with Crippen molar-refractivity contribution in [1.82, 2.24) is 15.1 Å². The fourth-order valence-electron chi connectivity index (χ4n) is 4.15. The lowest BCUT2D eigenvalue weighted by atomic mass is 9.99. The van der Waals surface area contributed by atoms with Crippen LogP contribution in [0.1, 0.15) is 19.8 Å². The Morgan fingerprint density at radius 2 is 1.47 bits per heavy atom. The number of hydrogen-bond donors (Lipinski definition) is 1. The smallest absolute Gasteiger partial charge is 0.321 e. The maximum absolute atomic E-state index is 12.7. The summed E-state index contributed by atoms with van der Waals surface area (Å²) in [6.07, 6.45) is 2.41. The van der Waals surface area contributed by atoms with E-state index in [-0.39, 0.29) is 6.03 Å². The third kappa shape index (κ3) is 4.98. The second-order valence-electron chi connectivity index (χ2n) is 8.39. The Balaban J connectivity index is 1.29. The Labute approximate surface area is 189 Å². The average molecular weight is 441 g/mol. The van der Waals surface area contributed by atoms with E-state index in [0.717, 1.165) is 30.6 Å². The van der Waals surface area contributed by atoms with Crippen molar-refractivity contribution in [2.45, 2.75) is 19.8 Å². The topological polar surface area (TPSA) is 83.1 Å². The summed E-state index contributed by atoms with van der Waals surface area (Å²) in [5.74, 6) is 3.81. The van der Waals surface area contributed by atoms with E-state index in [0.29, 0.717) is 43.4 Å². The van der Waals surface area contributed by atoms with Gasteiger partial charge in [0, 0.05) is 51.0 Å². The van der Waals surface area contributed by atoms with E-state index < -0.39 is 0 Å². The quantitative estimate of drug-likeness (QED) is 0.765. The van der Waals surface area contributed by atoms with E-state index in [1.54, 1.807) is 32.4 Å². The van der Waals surface area contributed by atoms with Gasteiger partial charge in [-0.1, -0.05) is 6.92 Å². The van der Waals surface area contributed by atoms with Crippen LogP contribution in [0.4, 0.5) is 22.1 Å². The molecule has 1 N–H and O–H groups in total. The van der Waals surface area contributed by atoms with E-state index >= 15 is 0 Å². The highest BCUT2D eigenvalue weighted by molar-refractivity contribution is 5.90. The molecule has 2 saturated heterocycles. The molecule has 4 rings (SSSR count). The number of urea groups is 1. The van der Waals surface area contributed by atoms with Crippen LogP contribution in [0.25, 0.3) is 0 Å². The molecular formula is C23H32N6O3. The van der Waals surface area contributed by atoms with Crippen molar-refractivity contribution in [3.05, 3.63) is 30.3 Å². The largest absolute Gasteiger partial charge is 0.493 e. The van der Waals surface area contributed by atoms with E-state index in [9.17, 15) is 4.79 Å². The molecular weight excluding hydrogens is 408 g/mol. The molecule has 3 heterocycles. The second kappa shape index (κ2) is 9.93. The van der Waals surface area contributed by atoms with Gasteiger partial charge in [-0.15, -0.1) is 10.2 Å². The number of nitrogens with zero attached hydrogens (tertiary/aromatic N) is 5. The van der Waals surface area contributed by atoms with Gasteiger partial charge in [-0.25, -0.2) is 4.79 Å². The van der Waals surface area contributed by atoms with Crippen LogP contribution in [0.5, 0.6) is 11.5 Å². The number of amides is 2. The molecule has 1 aromatic carbocycles. The van der Waals surface area contributed by atoms with Gasteiger partial charge in [0.05, 0.1) is 14.2 Å². The fourth-order valence-corrected chi connectivity index (χ4v) is 4.15. The van der Waals surface area contributed by atoms with Crippen LogP contribution in [0.3, 0.4) is 0 Å². The molecule has 32 heavy (non-hydrogen) atoms. The number of nitrogens with one attached hydrogen (secondary N) is 1. The Bertz CT molecular complexity index is 906. The third-order valence-corrected chi connectivity index (χ3v) is 6.27. The van der Waals surface area contributed by atoms with Crippen molar-refractivity contribution in [3.63, 3.8) is 0 Å². The highest BCUT2D eigenvalue weighted by atomic mass is 16.5. The summed E-state index contributed by atoms with van der Waals surface area (Å²) in [5.41, 5.74) is 0.670. The highest BCUT2D eigenvalue weighted by Gasteiger charge is 2.23. The van der Waals surface area contributed by atoms with Crippen molar-refractivity contribution >= 4 is 23.4 Å². The molecule has 0 spiro atoms. The molecule has 9 nitrogen and oxygen atoms in total. The summed E-state index contributed by atoms with van der Waals surface area (Å²) < 4.78 is 10.6. The minimum absolute atomic E-state index is 0.127. The first-order chi connectivity index (χ1) is 15.6. The predicted octanol–water partition coefficient (Wildman–Crippen LogP) is 3.08. The zero-order chi connectivity index (χ0) is 22.5. The number of piperazine rings is 1. The zero-order valence-corrected chi connectivity index (χ0v) is 19.1. The van der Waals surface area contributed by atoms with Gasteiger partial charge in [0.25, 0.3) is 0 Å². The molecule has 0 atom stereocenters. The molecule has 2 amide bonds. The van der Waals surface area contributed by atoms with Crippen LogP contribution in [-0.2, 0) is 0 Å². The molecule has 0 bridgehead atoms. The maximum atomic E-state index is 12.7. The summed E-state index contributed by atoms with van der Waals surface area (Å²) >= 11 is 0. The van der Waals surface area contributed by atoms with Gasteiger partial charge in [0.2, 0.25) is 0 Å². The van der Waals surface area contributed by atoms with Gasteiger partial charge in [-0.3, -0.25) is 0 Å². The normalized spacial score (nSPS) is 17.3. The number of aromatic nitrogens is 2. The van der Waals surface area contributed by atoms with Gasteiger partial charge in [-0.2, -0.15) is 0 Å². The van der Waals surface area contributed by atoms with Crippen LogP contribution < -0.4 is 24.6 Å². The molecule has 1 aromatic heterocycles. The number of ether oxygens (including phenoxy) is 2. The van der Waals surface area contributed by atoms with Crippen molar-refractivity contribution in [1.29, 1.82) is 0 Å². The molecule has 172 valence electrons. The van der Waals surface area contributed by atoms with E-state index in [4.69, 9.17) is 9.47 Å². The van der Waals surface area contributed by atoms with Gasteiger partial charge in [-0.05, 0) is 43.0 Å². The number of hydrogen-bond acceptors (Lipinski definition) is 7. The molecule has 2 fully saturated rings. The third-order valence-electron chi connectivity index (χ3n) is 6.27. The maximum Gasteiger partial charge on any atom is 0.321 e. The second-order valence-corrected chi connectivity index (χ2v) is 8.39. The fraction of sp³-hybridized carbons (Fsp3) is 0.522. The van der Waals surface area contributed by atoms with Crippen LogP contribution in [0, 0.1) is 5.92 Å². The van der Waals surface area contributed by atoms with E-state index in [1.165, 1.54) is 12.8 Å². The summed E-state index contributed by atoms with van der Waals surface area (Å²) in [5, 5.41) is 11.9. The van der Waals surface area contributed by atoms with Crippen LogP contribution in [-0.4, -0.2) is 74.6 Å². The van der Waals surface area contributed by atoms with Gasteiger partial charge in [0.15, 0.2) is 23.1 Å². The highest BCUT2D eigenvalue weighted by Crippen LogP contribution is 2.30. The minimum atomic E-state index is -0.127. The lowest BCUT2D eigenvalue weighted by Crippen LogP contribution is -2.50. The van der Waals surface area contributed by atoms with E-state index in [2.05, 4.69) is 38.3 Å². The van der Waals surface area contributed by atoms with Crippen molar-refractivity contribution in [2.75, 3.05) is 68.6 Å². The standard InChI is InChI=1S/C23H32N6O3/c1-17-8-10-27(11-9-17)21-6-7-22(26-25-21)28-12-14-29(15-13-28)23(30)24-18-4-5-19(31-2)20(16-18)32-3/h4-7,16-17H,8-15H2,1-3H3,(H,24,30). The first-order valence-corrected chi connectivity index (χ1v) is 11.2. The molecule has 0 saturated carbocycles. The summed E-state index contributed by atoms with van der Waals surface area (Å²) in [7, 11) is 3.16. The summed E-state index contributed by atoms with van der Waals surface area (Å²) in [6.45, 7) is 7.06. The monoisotopic (exact) mass is 440 g/mol. The number of anilines is 3. The average Bonchev–Trinajstić information content (AvgIpc) is 2.84. The molecule has 0 unspecified atom stereocenters. The van der Waals surface area contributed by atoms with Gasteiger partial charge < -0.3 is 29.5 Å². The Morgan fingerprint density at radius 1 is 0.875 bits per heavy atom. The Morgan fingerprint density at radius 3 is 2.03 bits per heavy atom. The molecule has 9 heteroatoms. The van der Waals surface area contributed by atoms with Gasteiger partial charge in [0.1, 0.15) is 0 Å². The van der Waals surface area contributed by atoms with E-state index in [1.807, 2.05) is 11.0 Å².